The molecule has 0 unspecified atom stereocenters. The molecular formula is C13H13FN4O3. The van der Waals surface area contributed by atoms with E-state index in [1.54, 1.807) is 0 Å². The van der Waals surface area contributed by atoms with Gasteiger partial charge in [-0.15, -0.1) is 0 Å². The number of nitro benzene ring substituents is 1. The van der Waals surface area contributed by atoms with Gasteiger partial charge in [-0.2, -0.15) is 4.98 Å². The van der Waals surface area contributed by atoms with Crippen LogP contribution in [0.15, 0.2) is 18.2 Å². The third-order valence-corrected chi connectivity index (χ3v) is 2.75. The fraction of sp³-hybridized carbons (Fsp3) is 0.231. The largest absolute Gasteiger partial charge is 0.436 e. The molecule has 0 saturated heterocycles. The van der Waals surface area contributed by atoms with Gasteiger partial charge in [0.05, 0.1) is 11.0 Å². The number of aryl methyl sites for hydroxylation is 2. The molecular weight excluding hydrogens is 279 g/mol. The highest BCUT2D eigenvalue weighted by atomic mass is 19.1. The first-order valence-electron chi connectivity index (χ1n) is 6.16. The number of nitrogens with two attached hydrogens (primary N) is 1. The number of rotatable bonds is 4. The molecule has 1 heterocycles. The predicted molar refractivity (Wildman–Crippen MR) is 73.7 cm³/mol. The van der Waals surface area contributed by atoms with Gasteiger partial charge in [0.15, 0.2) is 11.6 Å². The predicted octanol–water partition coefficient (Wildman–Crippen LogP) is 2.77. The Hall–Kier alpha value is -2.77. The normalized spacial score (nSPS) is 10.4. The number of nitrogen functional groups attached to an aromatic ring is 1. The average Bonchev–Trinajstić information content (AvgIpc) is 2.41. The van der Waals surface area contributed by atoms with Gasteiger partial charge in [0.1, 0.15) is 11.6 Å². The van der Waals surface area contributed by atoms with Crippen molar-refractivity contribution in [2.75, 3.05) is 5.73 Å². The van der Waals surface area contributed by atoms with Gasteiger partial charge >= 0.3 is 0 Å². The van der Waals surface area contributed by atoms with Crippen LogP contribution in [0.2, 0.25) is 0 Å². The molecule has 0 bridgehead atoms. The highest BCUT2D eigenvalue weighted by molar-refractivity contribution is 5.46. The van der Waals surface area contributed by atoms with Gasteiger partial charge in [0, 0.05) is 18.1 Å². The Labute approximate surface area is 119 Å². The Balaban J connectivity index is 2.38. The van der Waals surface area contributed by atoms with Crippen LogP contribution in [0.4, 0.5) is 15.9 Å². The summed E-state index contributed by atoms with van der Waals surface area (Å²) in [5, 5.41) is 10.7. The molecule has 0 amide bonds. The monoisotopic (exact) mass is 292 g/mol. The Morgan fingerprint density at radius 3 is 2.71 bits per heavy atom. The van der Waals surface area contributed by atoms with Gasteiger partial charge in [-0.1, -0.05) is 6.92 Å². The molecule has 1 aromatic heterocycles. The standard InChI is InChI=1S/C13H13FN4O3/c1-3-12-16-11(15)6-13(17-12)21-10-4-7(2)9(18(19)20)5-8(10)14/h4-6H,3H2,1-2H3,(H2,15,16,17). The molecule has 7 nitrogen and oxygen atoms in total. The number of ether oxygens (including phenoxy) is 1. The number of benzene rings is 1. The van der Waals surface area contributed by atoms with E-state index in [4.69, 9.17) is 10.5 Å². The Morgan fingerprint density at radius 1 is 1.38 bits per heavy atom. The van der Waals surface area contributed by atoms with Crippen LogP contribution in [0.5, 0.6) is 11.6 Å². The third-order valence-electron chi connectivity index (χ3n) is 2.75. The SMILES string of the molecule is CCc1nc(N)cc(Oc2cc(C)c([N+](=O)[O-])cc2F)n1. The summed E-state index contributed by atoms with van der Waals surface area (Å²) >= 11 is 0. The van der Waals surface area contributed by atoms with Crippen molar-refractivity contribution < 1.29 is 14.1 Å². The fourth-order valence-corrected chi connectivity index (χ4v) is 1.73. The van der Waals surface area contributed by atoms with Crippen molar-refractivity contribution in [1.29, 1.82) is 0 Å². The maximum absolute atomic E-state index is 13.9. The number of nitrogens with zero attached hydrogens (tertiary/aromatic N) is 3. The van der Waals surface area contributed by atoms with Crippen LogP contribution in [-0.2, 0) is 6.42 Å². The third kappa shape index (κ3) is 3.22. The van der Waals surface area contributed by atoms with Crippen LogP contribution in [0.1, 0.15) is 18.3 Å². The molecule has 1 aromatic carbocycles. The first-order chi connectivity index (χ1) is 9.90. The zero-order chi connectivity index (χ0) is 15.6. The molecule has 2 N–H and O–H groups in total. The zero-order valence-electron chi connectivity index (χ0n) is 11.5. The van der Waals surface area contributed by atoms with Crippen molar-refractivity contribution in [3.05, 3.63) is 45.5 Å². The minimum atomic E-state index is -0.845. The van der Waals surface area contributed by atoms with Gasteiger partial charge in [0.2, 0.25) is 5.88 Å². The first-order valence-corrected chi connectivity index (χ1v) is 6.16. The lowest BCUT2D eigenvalue weighted by Crippen LogP contribution is -2.01. The van der Waals surface area contributed by atoms with Crippen LogP contribution in [-0.4, -0.2) is 14.9 Å². The maximum Gasteiger partial charge on any atom is 0.275 e. The molecule has 2 aromatic rings. The van der Waals surface area contributed by atoms with Crippen molar-refractivity contribution in [3.63, 3.8) is 0 Å². The second-order valence-electron chi connectivity index (χ2n) is 4.33. The molecule has 0 radical (unpaired) electrons. The quantitative estimate of drug-likeness (QED) is 0.686. The van der Waals surface area contributed by atoms with E-state index >= 15 is 0 Å². The highest BCUT2D eigenvalue weighted by Crippen LogP contribution is 2.30. The number of aromatic nitrogens is 2. The number of anilines is 1. The molecule has 21 heavy (non-hydrogen) atoms. The van der Waals surface area contributed by atoms with Gasteiger partial charge in [-0.05, 0) is 13.0 Å². The number of nitro groups is 1. The molecule has 0 atom stereocenters. The first kappa shape index (κ1) is 14.6. The summed E-state index contributed by atoms with van der Waals surface area (Å²) in [6, 6.07) is 3.42. The van der Waals surface area contributed by atoms with E-state index in [-0.39, 0.29) is 28.7 Å². The molecule has 0 aliphatic rings. The van der Waals surface area contributed by atoms with E-state index in [9.17, 15) is 14.5 Å². The van der Waals surface area contributed by atoms with Crippen LogP contribution >= 0.6 is 0 Å². The maximum atomic E-state index is 13.9. The molecule has 0 aliphatic carbocycles. The number of hydrogen-bond donors (Lipinski definition) is 1. The Bertz CT molecular complexity index is 706. The molecule has 110 valence electrons. The molecule has 0 spiro atoms. The van der Waals surface area contributed by atoms with Gasteiger partial charge in [0.25, 0.3) is 5.69 Å². The minimum Gasteiger partial charge on any atom is -0.436 e. The summed E-state index contributed by atoms with van der Waals surface area (Å²) in [6.45, 7) is 3.34. The van der Waals surface area contributed by atoms with Gasteiger partial charge < -0.3 is 10.5 Å². The summed E-state index contributed by atoms with van der Waals surface area (Å²) in [6.07, 6.45) is 0.545. The van der Waals surface area contributed by atoms with E-state index in [0.29, 0.717) is 12.2 Å². The van der Waals surface area contributed by atoms with Crippen LogP contribution < -0.4 is 10.5 Å². The number of halogens is 1. The van der Waals surface area contributed by atoms with E-state index in [0.717, 1.165) is 6.07 Å². The fourth-order valence-electron chi connectivity index (χ4n) is 1.73. The van der Waals surface area contributed by atoms with E-state index < -0.39 is 10.7 Å². The van der Waals surface area contributed by atoms with E-state index in [1.807, 2.05) is 6.92 Å². The second kappa shape index (κ2) is 5.70. The Kier molecular flexibility index (Phi) is 3.97. The Morgan fingerprint density at radius 2 is 2.10 bits per heavy atom. The zero-order valence-corrected chi connectivity index (χ0v) is 11.5. The highest BCUT2D eigenvalue weighted by Gasteiger charge is 2.17. The van der Waals surface area contributed by atoms with Crippen molar-refractivity contribution >= 4 is 11.5 Å². The lowest BCUT2D eigenvalue weighted by Gasteiger charge is -2.08. The van der Waals surface area contributed by atoms with Crippen molar-refractivity contribution in [1.82, 2.24) is 9.97 Å². The van der Waals surface area contributed by atoms with Crippen LogP contribution in [0.25, 0.3) is 0 Å². The smallest absolute Gasteiger partial charge is 0.275 e. The van der Waals surface area contributed by atoms with Gasteiger partial charge in [-0.3, -0.25) is 10.1 Å². The number of hydrogen-bond acceptors (Lipinski definition) is 6. The van der Waals surface area contributed by atoms with Crippen LogP contribution in [0.3, 0.4) is 0 Å². The minimum absolute atomic E-state index is 0.0894. The van der Waals surface area contributed by atoms with Crippen molar-refractivity contribution in [2.45, 2.75) is 20.3 Å². The van der Waals surface area contributed by atoms with Crippen LogP contribution in [0, 0.1) is 22.9 Å². The summed E-state index contributed by atoms with van der Waals surface area (Å²) in [7, 11) is 0. The molecule has 0 fully saturated rings. The summed E-state index contributed by atoms with van der Waals surface area (Å²) in [4.78, 5) is 18.1. The van der Waals surface area contributed by atoms with Gasteiger partial charge in [-0.25, -0.2) is 9.37 Å². The molecule has 2 rings (SSSR count). The van der Waals surface area contributed by atoms with E-state index in [2.05, 4.69) is 9.97 Å². The van der Waals surface area contributed by atoms with Crippen molar-refractivity contribution in [3.8, 4) is 11.6 Å². The lowest BCUT2D eigenvalue weighted by molar-refractivity contribution is -0.385. The molecule has 8 heteroatoms. The second-order valence-corrected chi connectivity index (χ2v) is 4.33. The van der Waals surface area contributed by atoms with Crippen molar-refractivity contribution in [2.24, 2.45) is 0 Å². The summed E-state index contributed by atoms with van der Waals surface area (Å²) < 4.78 is 19.2. The topological polar surface area (TPSA) is 104 Å². The lowest BCUT2D eigenvalue weighted by atomic mass is 10.2. The summed E-state index contributed by atoms with van der Waals surface area (Å²) in [5.41, 5.74) is 5.58. The average molecular weight is 292 g/mol. The summed E-state index contributed by atoms with van der Waals surface area (Å²) in [5.74, 6) is -0.243. The van der Waals surface area contributed by atoms with E-state index in [1.165, 1.54) is 19.1 Å². The molecule has 0 saturated carbocycles. The molecule has 0 aliphatic heterocycles.